The van der Waals surface area contributed by atoms with Gasteiger partial charge in [0.1, 0.15) is 6.42 Å². The Kier molecular flexibility index (Phi) is 5.57. The highest BCUT2D eigenvalue weighted by molar-refractivity contribution is 9.10. The van der Waals surface area contributed by atoms with Crippen molar-refractivity contribution >= 4 is 50.7 Å². The van der Waals surface area contributed by atoms with E-state index in [-0.39, 0.29) is 12.3 Å². The Labute approximate surface area is 142 Å². The van der Waals surface area contributed by atoms with Crippen molar-refractivity contribution in [1.82, 2.24) is 0 Å². The lowest BCUT2D eigenvalue weighted by Crippen LogP contribution is -2.21. The highest BCUT2D eigenvalue weighted by Crippen LogP contribution is 2.22. The zero-order valence-electron chi connectivity index (χ0n) is 11.8. The molecule has 0 fully saturated rings. The molecule has 2 N–H and O–H groups in total. The topological polar surface area (TPSA) is 58.2 Å². The van der Waals surface area contributed by atoms with Gasteiger partial charge in [0, 0.05) is 15.2 Å². The molecular weight excluding hydrogens is 368 g/mol. The van der Waals surface area contributed by atoms with Crippen LogP contribution in [0.15, 0.2) is 46.9 Å². The van der Waals surface area contributed by atoms with Gasteiger partial charge in [-0.25, -0.2) is 0 Å². The summed E-state index contributed by atoms with van der Waals surface area (Å²) < 4.78 is 0.759. The summed E-state index contributed by atoms with van der Waals surface area (Å²) in [6.07, 6.45) is -0.271. The molecular formula is C16H14BrClN2O2. The van der Waals surface area contributed by atoms with Crippen LogP contribution in [0.5, 0.6) is 0 Å². The molecule has 2 aromatic rings. The second-order valence-corrected chi connectivity index (χ2v) is 6.00. The van der Waals surface area contributed by atoms with Crippen LogP contribution >= 0.6 is 27.5 Å². The van der Waals surface area contributed by atoms with E-state index in [1.54, 1.807) is 30.3 Å². The lowest BCUT2D eigenvalue weighted by Gasteiger charge is -2.10. The smallest absolute Gasteiger partial charge is 0.233 e. The molecule has 2 aromatic carbocycles. The number of para-hydroxylation sites is 1. The maximum absolute atomic E-state index is 11.9. The van der Waals surface area contributed by atoms with Crippen LogP contribution in [-0.2, 0) is 9.59 Å². The summed E-state index contributed by atoms with van der Waals surface area (Å²) in [6, 6.07) is 12.4. The molecule has 0 saturated carbocycles. The summed E-state index contributed by atoms with van der Waals surface area (Å²) in [6.45, 7) is 1.85. The van der Waals surface area contributed by atoms with Gasteiger partial charge >= 0.3 is 0 Å². The number of halogens is 2. The Morgan fingerprint density at radius 2 is 1.68 bits per heavy atom. The summed E-state index contributed by atoms with van der Waals surface area (Å²) in [5, 5.41) is 5.89. The summed E-state index contributed by atoms with van der Waals surface area (Å²) in [5.74, 6) is -0.779. The Bertz CT molecular complexity index is 719. The number of aryl methyl sites for hydroxylation is 1. The molecule has 0 bridgehead atoms. The highest BCUT2D eigenvalue weighted by atomic mass is 79.9. The van der Waals surface area contributed by atoms with Crippen molar-refractivity contribution in [1.29, 1.82) is 0 Å². The summed E-state index contributed by atoms with van der Waals surface area (Å²) in [7, 11) is 0. The van der Waals surface area contributed by atoms with Gasteiger partial charge < -0.3 is 10.6 Å². The zero-order chi connectivity index (χ0) is 16.1. The van der Waals surface area contributed by atoms with Crippen LogP contribution in [-0.4, -0.2) is 11.8 Å². The van der Waals surface area contributed by atoms with Crippen molar-refractivity contribution in [3.8, 4) is 0 Å². The standard InChI is InChI=1S/C16H14BrClN2O2/c1-10-6-7-11(18)8-14(10)20-16(22)9-15(21)19-13-5-3-2-4-12(13)17/h2-8H,9H2,1H3,(H,19,21)(H,20,22). The van der Waals surface area contributed by atoms with Crippen molar-refractivity contribution in [2.75, 3.05) is 10.6 Å². The molecule has 114 valence electrons. The van der Waals surface area contributed by atoms with E-state index in [9.17, 15) is 9.59 Å². The van der Waals surface area contributed by atoms with Gasteiger partial charge in [-0.05, 0) is 52.7 Å². The first-order chi connectivity index (χ1) is 10.5. The van der Waals surface area contributed by atoms with Gasteiger partial charge in [0.15, 0.2) is 0 Å². The van der Waals surface area contributed by atoms with Gasteiger partial charge in [-0.15, -0.1) is 0 Å². The van der Waals surface area contributed by atoms with Gasteiger partial charge in [0.05, 0.1) is 5.69 Å². The van der Waals surface area contributed by atoms with Crippen molar-refractivity contribution in [3.05, 3.63) is 57.5 Å². The average Bonchev–Trinajstić information content (AvgIpc) is 2.45. The molecule has 6 heteroatoms. The lowest BCUT2D eigenvalue weighted by atomic mass is 10.2. The minimum absolute atomic E-state index is 0.271. The predicted octanol–water partition coefficient (Wildman–Crippen LogP) is 4.38. The number of anilines is 2. The molecule has 2 rings (SSSR count). The normalized spacial score (nSPS) is 10.1. The molecule has 0 heterocycles. The van der Waals surface area contributed by atoms with Crippen LogP contribution < -0.4 is 10.6 Å². The van der Waals surface area contributed by atoms with E-state index < -0.39 is 5.91 Å². The maximum atomic E-state index is 11.9. The molecule has 0 atom stereocenters. The summed E-state index contributed by atoms with van der Waals surface area (Å²) in [4.78, 5) is 23.8. The van der Waals surface area contributed by atoms with E-state index in [2.05, 4.69) is 26.6 Å². The van der Waals surface area contributed by atoms with E-state index in [0.717, 1.165) is 10.0 Å². The van der Waals surface area contributed by atoms with Gasteiger partial charge in [-0.1, -0.05) is 29.8 Å². The first-order valence-corrected chi connectivity index (χ1v) is 7.73. The Hall–Kier alpha value is -1.85. The number of nitrogens with one attached hydrogen (secondary N) is 2. The number of hydrogen-bond donors (Lipinski definition) is 2. The molecule has 0 aliphatic heterocycles. The number of rotatable bonds is 4. The maximum Gasteiger partial charge on any atom is 0.233 e. The predicted molar refractivity (Wildman–Crippen MR) is 92.2 cm³/mol. The van der Waals surface area contributed by atoms with E-state index in [1.165, 1.54) is 0 Å². The number of carbonyl (C=O) groups excluding carboxylic acids is 2. The fourth-order valence-electron chi connectivity index (χ4n) is 1.83. The first kappa shape index (κ1) is 16.5. The quantitative estimate of drug-likeness (QED) is 0.772. The van der Waals surface area contributed by atoms with Gasteiger partial charge in [-0.3, -0.25) is 9.59 Å². The SMILES string of the molecule is Cc1ccc(Cl)cc1NC(=O)CC(=O)Nc1ccccc1Br. The zero-order valence-corrected chi connectivity index (χ0v) is 14.2. The number of hydrogen-bond acceptors (Lipinski definition) is 2. The van der Waals surface area contributed by atoms with Gasteiger partial charge in [-0.2, -0.15) is 0 Å². The summed E-state index contributed by atoms with van der Waals surface area (Å²) in [5.41, 5.74) is 2.11. The van der Waals surface area contributed by atoms with Crippen LogP contribution in [0.2, 0.25) is 5.02 Å². The number of benzene rings is 2. The third kappa shape index (κ3) is 4.58. The minimum Gasteiger partial charge on any atom is -0.325 e. The van der Waals surface area contributed by atoms with E-state index in [0.29, 0.717) is 16.4 Å². The van der Waals surface area contributed by atoms with Crippen LogP contribution in [0.4, 0.5) is 11.4 Å². The van der Waals surface area contributed by atoms with Crippen molar-refractivity contribution in [2.24, 2.45) is 0 Å². The van der Waals surface area contributed by atoms with Crippen LogP contribution in [0.25, 0.3) is 0 Å². The fraction of sp³-hybridized carbons (Fsp3) is 0.125. The van der Waals surface area contributed by atoms with E-state index in [1.807, 2.05) is 19.1 Å². The molecule has 0 aromatic heterocycles. The first-order valence-electron chi connectivity index (χ1n) is 6.56. The monoisotopic (exact) mass is 380 g/mol. The Morgan fingerprint density at radius 1 is 1.05 bits per heavy atom. The van der Waals surface area contributed by atoms with Crippen molar-refractivity contribution in [3.63, 3.8) is 0 Å². The van der Waals surface area contributed by atoms with Crippen LogP contribution in [0.3, 0.4) is 0 Å². The fourth-order valence-corrected chi connectivity index (χ4v) is 2.38. The molecule has 2 amide bonds. The Balaban J connectivity index is 1.96. The average molecular weight is 382 g/mol. The van der Waals surface area contributed by atoms with Gasteiger partial charge in [0.2, 0.25) is 11.8 Å². The lowest BCUT2D eigenvalue weighted by molar-refractivity contribution is -0.123. The number of carbonyl (C=O) groups is 2. The molecule has 4 nitrogen and oxygen atoms in total. The summed E-state index contributed by atoms with van der Waals surface area (Å²) >= 11 is 9.23. The minimum atomic E-state index is -0.394. The molecule has 0 aliphatic rings. The van der Waals surface area contributed by atoms with Crippen molar-refractivity contribution in [2.45, 2.75) is 13.3 Å². The molecule has 0 aliphatic carbocycles. The van der Waals surface area contributed by atoms with Crippen LogP contribution in [0, 0.1) is 6.92 Å². The van der Waals surface area contributed by atoms with E-state index in [4.69, 9.17) is 11.6 Å². The van der Waals surface area contributed by atoms with Crippen LogP contribution in [0.1, 0.15) is 12.0 Å². The Morgan fingerprint density at radius 3 is 2.36 bits per heavy atom. The second-order valence-electron chi connectivity index (χ2n) is 4.71. The third-order valence-electron chi connectivity index (χ3n) is 2.94. The highest BCUT2D eigenvalue weighted by Gasteiger charge is 2.12. The molecule has 0 spiro atoms. The molecule has 0 saturated heterocycles. The number of amides is 2. The van der Waals surface area contributed by atoms with E-state index >= 15 is 0 Å². The molecule has 0 radical (unpaired) electrons. The largest absolute Gasteiger partial charge is 0.325 e. The molecule has 0 unspecified atom stereocenters. The third-order valence-corrected chi connectivity index (χ3v) is 3.87. The molecule has 22 heavy (non-hydrogen) atoms. The van der Waals surface area contributed by atoms with Gasteiger partial charge in [0.25, 0.3) is 0 Å². The van der Waals surface area contributed by atoms with Crippen molar-refractivity contribution < 1.29 is 9.59 Å². The second kappa shape index (κ2) is 7.42.